The van der Waals surface area contributed by atoms with E-state index in [1.807, 2.05) is 0 Å². The van der Waals surface area contributed by atoms with Crippen molar-refractivity contribution in [3.8, 4) is 0 Å². The molecule has 3 heterocycles. The van der Waals surface area contributed by atoms with Crippen LogP contribution < -0.4 is 10.6 Å². The highest BCUT2D eigenvalue weighted by Gasteiger charge is 2.55. The molecule has 0 unspecified atom stereocenters. The smallest absolute Gasteiger partial charge is 0.224 e. The molecule has 1 aliphatic rings. The highest BCUT2D eigenvalue weighted by Crippen LogP contribution is 2.43. The molecule has 0 radical (unpaired) electrons. The molecule has 10 heteroatoms. The standard InChI is InChI=1S/C13H18FIN6O2/c1-13(14)8(22)6(4-15)23-11(13)21-5-17-7-9(20(2)3)18-12(16)19-10(7)21/h5-6,8,11,22H,4H2,1-3H3,(H2,16,18,19)/t6-,8+,11+,13+/m0/s1. The number of fused-ring (bicyclic) bond motifs is 1. The van der Waals surface area contributed by atoms with Crippen LogP contribution in [0.5, 0.6) is 0 Å². The molecule has 3 N–H and O–H groups in total. The summed E-state index contributed by atoms with van der Waals surface area (Å²) in [6.07, 6.45) is -1.42. The Kier molecular flexibility index (Phi) is 4.09. The first-order chi connectivity index (χ1) is 10.8. The minimum atomic E-state index is -1.97. The summed E-state index contributed by atoms with van der Waals surface area (Å²) in [5, 5.41) is 10.2. The van der Waals surface area contributed by atoms with E-state index in [0.29, 0.717) is 21.4 Å². The summed E-state index contributed by atoms with van der Waals surface area (Å²) in [6.45, 7) is 1.32. The van der Waals surface area contributed by atoms with Gasteiger partial charge in [-0.3, -0.25) is 4.57 Å². The number of nitrogens with two attached hydrogens (primary N) is 1. The van der Waals surface area contributed by atoms with E-state index in [2.05, 4.69) is 37.5 Å². The van der Waals surface area contributed by atoms with E-state index < -0.39 is 24.1 Å². The van der Waals surface area contributed by atoms with Gasteiger partial charge in [0.1, 0.15) is 6.10 Å². The number of halogens is 2. The molecular formula is C13H18FIN6O2. The molecule has 23 heavy (non-hydrogen) atoms. The zero-order chi connectivity index (χ0) is 16.9. The number of alkyl halides is 2. The molecule has 0 bridgehead atoms. The first-order valence-corrected chi connectivity index (χ1v) is 8.55. The third-order valence-electron chi connectivity index (χ3n) is 3.97. The number of nitrogen functional groups attached to an aromatic ring is 1. The van der Waals surface area contributed by atoms with Crippen molar-refractivity contribution in [1.29, 1.82) is 0 Å². The Morgan fingerprint density at radius 2 is 2.22 bits per heavy atom. The number of hydrogen-bond acceptors (Lipinski definition) is 7. The largest absolute Gasteiger partial charge is 0.387 e. The first-order valence-electron chi connectivity index (χ1n) is 7.03. The van der Waals surface area contributed by atoms with E-state index in [1.54, 1.807) is 19.0 Å². The van der Waals surface area contributed by atoms with Crippen LogP contribution in [0.1, 0.15) is 13.2 Å². The van der Waals surface area contributed by atoms with Gasteiger partial charge in [-0.2, -0.15) is 9.97 Å². The molecule has 0 saturated carbocycles. The van der Waals surface area contributed by atoms with Crippen LogP contribution in [0.3, 0.4) is 0 Å². The zero-order valence-corrected chi connectivity index (χ0v) is 15.1. The van der Waals surface area contributed by atoms with Gasteiger partial charge in [-0.25, -0.2) is 9.37 Å². The summed E-state index contributed by atoms with van der Waals surface area (Å²) in [4.78, 5) is 14.4. The fraction of sp³-hybridized carbons (Fsp3) is 0.615. The summed E-state index contributed by atoms with van der Waals surface area (Å²) < 4.78 is 22.7. The third-order valence-corrected chi connectivity index (χ3v) is 4.83. The van der Waals surface area contributed by atoms with E-state index in [-0.39, 0.29) is 5.95 Å². The maximum absolute atomic E-state index is 15.0. The fourth-order valence-electron chi connectivity index (χ4n) is 2.74. The van der Waals surface area contributed by atoms with Gasteiger partial charge >= 0.3 is 0 Å². The third kappa shape index (κ3) is 2.52. The van der Waals surface area contributed by atoms with Crippen LogP contribution in [0.4, 0.5) is 16.2 Å². The molecule has 1 saturated heterocycles. The molecular weight excluding hydrogens is 418 g/mol. The van der Waals surface area contributed by atoms with Crippen LogP contribution in [0.2, 0.25) is 0 Å². The average molecular weight is 436 g/mol. The summed E-state index contributed by atoms with van der Waals surface area (Å²) in [5.74, 6) is 0.600. The normalized spacial score (nSPS) is 31.0. The van der Waals surface area contributed by atoms with Crippen LogP contribution in [0.15, 0.2) is 6.33 Å². The molecule has 0 spiro atoms. The van der Waals surface area contributed by atoms with Crippen molar-refractivity contribution in [1.82, 2.24) is 19.5 Å². The summed E-state index contributed by atoms with van der Waals surface area (Å²) in [6, 6.07) is 0. The number of anilines is 2. The Labute approximate surface area is 146 Å². The summed E-state index contributed by atoms with van der Waals surface area (Å²) >= 11 is 2.06. The minimum absolute atomic E-state index is 0.0625. The molecule has 1 aliphatic heterocycles. The SMILES string of the molecule is CN(C)c1nc(N)nc2c1ncn2[C@@H]1O[C@@H](CI)[C@@H](O)[C@@]1(C)F. The average Bonchev–Trinajstić information content (AvgIpc) is 2.98. The monoisotopic (exact) mass is 436 g/mol. The fourth-order valence-corrected chi connectivity index (χ4v) is 3.43. The van der Waals surface area contributed by atoms with E-state index >= 15 is 4.39 Å². The highest BCUT2D eigenvalue weighted by atomic mass is 127. The number of imidazole rings is 1. The van der Waals surface area contributed by atoms with Gasteiger partial charge in [0, 0.05) is 18.5 Å². The summed E-state index contributed by atoms with van der Waals surface area (Å²) in [5.41, 5.74) is 4.66. The van der Waals surface area contributed by atoms with Crippen molar-refractivity contribution in [2.24, 2.45) is 0 Å². The van der Waals surface area contributed by atoms with E-state index in [1.165, 1.54) is 17.8 Å². The second-order valence-electron chi connectivity index (χ2n) is 5.90. The number of ether oxygens (including phenoxy) is 1. The maximum atomic E-state index is 15.0. The predicted molar refractivity (Wildman–Crippen MR) is 92.4 cm³/mol. The molecule has 3 rings (SSSR count). The lowest BCUT2D eigenvalue weighted by atomic mass is 9.99. The number of rotatable bonds is 3. The van der Waals surface area contributed by atoms with Gasteiger partial charge < -0.3 is 20.5 Å². The Bertz CT molecular complexity index is 737. The summed E-state index contributed by atoms with van der Waals surface area (Å²) in [7, 11) is 3.61. The Hall–Kier alpha value is -1.27. The van der Waals surface area contributed by atoms with E-state index in [4.69, 9.17) is 10.5 Å². The van der Waals surface area contributed by atoms with Crippen LogP contribution in [0.25, 0.3) is 11.2 Å². The second-order valence-corrected chi connectivity index (χ2v) is 6.78. The molecule has 4 atom stereocenters. The van der Waals surface area contributed by atoms with Gasteiger partial charge in [-0.1, -0.05) is 22.6 Å². The van der Waals surface area contributed by atoms with Gasteiger partial charge in [0.25, 0.3) is 0 Å². The second kappa shape index (κ2) is 5.67. The van der Waals surface area contributed by atoms with Crippen molar-refractivity contribution in [3.05, 3.63) is 6.33 Å². The highest BCUT2D eigenvalue weighted by molar-refractivity contribution is 14.1. The Morgan fingerprint density at radius 3 is 2.78 bits per heavy atom. The molecule has 2 aromatic rings. The number of aromatic nitrogens is 4. The Morgan fingerprint density at radius 1 is 1.52 bits per heavy atom. The predicted octanol–water partition coefficient (Wildman–Crippen LogP) is 0.896. The van der Waals surface area contributed by atoms with Gasteiger partial charge in [-0.05, 0) is 6.92 Å². The van der Waals surface area contributed by atoms with Crippen molar-refractivity contribution < 1.29 is 14.2 Å². The van der Waals surface area contributed by atoms with Gasteiger partial charge in [0.2, 0.25) is 5.95 Å². The van der Waals surface area contributed by atoms with Gasteiger partial charge in [0.15, 0.2) is 28.9 Å². The van der Waals surface area contributed by atoms with Crippen LogP contribution in [0, 0.1) is 0 Å². The topological polar surface area (TPSA) is 102 Å². The zero-order valence-electron chi connectivity index (χ0n) is 12.9. The van der Waals surface area contributed by atoms with Crippen LogP contribution in [-0.2, 0) is 4.74 Å². The van der Waals surface area contributed by atoms with Crippen molar-refractivity contribution in [3.63, 3.8) is 0 Å². The minimum Gasteiger partial charge on any atom is -0.387 e. The molecule has 0 amide bonds. The molecule has 0 aromatic carbocycles. The number of hydrogen-bond donors (Lipinski definition) is 2. The molecule has 1 fully saturated rings. The lowest BCUT2D eigenvalue weighted by Gasteiger charge is -2.24. The molecule has 0 aliphatic carbocycles. The lowest BCUT2D eigenvalue weighted by molar-refractivity contribution is -0.0413. The van der Waals surface area contributed by atoms with E-state index in [9.17, 15) is 5.11 Å². The lowest BCUT2D eigenvalue weighted by Crippen LogP contribution is -2.40. The van der Waals surface area contributed by atoms with E-state index in [0.717, 1.165) is 0 Å². The first kappa shape index (κ1) is 16.6. The quantitative estimate of drug-likeness (QED) is 0.545. The molecule has 8 nitrogen and oxygen atoms in total. The number of aliphatic hydroxyl groups is 1. The number of aliphatic hydroxyl groups excluding tert-OH is 1. The van der Waals surface area contributed by atoms with Gasteiger partial charge in [-0.15, -0.1) is 0 Å². The van der Waals surface area contributed by atoms with Crippen molar-refractivity contribution >= 4 is 45.5 Å². The molecule has 2 aromatic heterocycles. The van der Waals surface area contributed by atoms with Crippen molar-refractivity contribution in [2.75, 3.05) is 29.2 Å². The van der Waals surface area contributed by atoms with Crippen LogP contribution in [-0.4, -0.2) is 61.0 Å². The Balaban J connectivity index is 2.14. The molecule has 126 valence electrons. The van der Waals surface area contributed by atoms with Crippen LogP contribution >= 0.6 is 22.6 Å². The number of nitrogens with zero attached hydrogens (tertiary/aromatic N) is 5. The van der Waals surface area contributed by atoms with Gasteiger partial charge in [0.05, 0.1) is 12.4 Å². The van der Waals surface area contributed by atoms with Crippen molar-refractivity contribution in [2.45, 2.75) is 31.0 Å². The maximum Gasteiger partial charge on any atom is 0.224 e.